The van der Waals surface area contributed by atoms with E-state index in [0.29, 0.717) is 48.9 Å². The predicted octanol–water partition coefficient (Wildman–Crippen LogP) is 5.32. The van der Waals surface area contributed by atoms with Crippen molar-refractivity contribution in [2.45, 2.75) is 30.8 Å². The van der Waals surface area contributed by atoms with E-state index in [1.807, 2.05) is 24.3 Å². The van der Waals surface area contributed by atoms with E-state index in [1.54, 1.807) is 17.0 Å². The first kappa shape index (κ1) is 26.2. The van der Waals surface area contributed by atoms with Crippen molar-refractivity contribution in [3.8, 4) is 28.4 Å². The minimum Gasteiger partial charge on any atom is -0.493 e. The van der Waals surface area contributed by atoms with Gasteiger partial charge < -0.3 is 23.7 Å². The lowest BCUT2D eigenvalue weighted by atomic mass is 9.80. The van der Waals surface area contributed by atoms with Gasteiger partial charge >= 0.3 is 6.09 Å². The Morgan fingerprint density at radius 1 is 0.825 bits per heavy atom. The van der Waals surface area contributed by atoms with Crippen LogP contribution in [0.4, 0.5) is 4.79 Å². The van der Waals surface area contributed by atoms with Crippen LogP contribution >= 0.6 is 0 Å². The molecule has 2 aliphatic heterocycles. The third-order valence-electron chi connectivity index (χ3n) is 8.39. The molecule has 0 radical (unpaired) electrons. The molecule has 2 saturated heterocycles. The number of piperidine rings is 1. The molecule has 2 atom stereocenters. The lowest BCUT2D eigenvalue weighted by molar-refractivity contribution is -0.0747. The number of Topliss-reactive ketones (excluding diaryl/α,β-unsaturated/α-hetero) is 1. The third-order valence-corrected chi connectivity index (χ3v) is 8.39. The molecule has 0 spiro atoms. The van der Waals surface area contributed by atoms with Crippen LogP contribution in [-0.2, 0) is 9.47 Å². The van der Waals surface area contributed by atoms with E-state index >= 15 is 0 Å². The summed E-state index contributed by atoms with van der Waals surface area (Å²) in [6.45, 7) is 1.01. The van der Waals surface area contributed by atoms with Gasteiger partial charge in [-0.25, -0.2) is 4.79 Å². The van der Waals surface area contributed by atoms with Gasteiger partial charge in [0.05, 0.1) is 46.6 Å². The standard InChI is InChI=1S/C32H33NO7/c1-36-28-14-20(15-29(37-2)31(28)38-3)30(34)19-12-21-16-39-17-22(13-19)33(21)32(35)40-18-27-25-10-6-4-8-23(25)24-9-5-7-11-26(24)27/h4-11,14-15,19,21-22,27H,12-13,16-18H2,1-3H3. The van der Waals surface area contributed by atoms with Crippen LogP contribution < -0.4 is 14.2 Å². The Bertz CT molecular complexity index is 1350. The topological polar surface area (TPSA) is 83.5 Å². The van der Waals surface area contributed by atoms with Crippen molar-refractivity contribution >= 4 is 11.9 Å². The number of ketones is 1. The number of nitrogens with zero attached hydrogens (tertiary/aromatic N) is 1. The van der Waals surface area contributed by atoms with Crippen LogP contribution in [-0.4, -0.2) is 70.0 Å². The van der Waals surface area contributed by atoms with E-state index in [-0.39, 0.29) is 42.4 Å². The fourth-order valence-electron chi connectivity index (χ4n) is 6.55. The number of hydrogen-bond donors (Lipinski definition) is 0. The van der Waals surface area contributed by atoms with Gasteiger partial charge in [-0.1, -0.05) is 48.5 Å². The summed E-state index contributed by atoms with van der Waals surface area (Å²) in [5.74, 6) is 1.03. The van der Waals surface area contributed by atoms with Gasteiger partial charge in [-0.2, -0.15) is 0 Å². The molecule has 8 heteroatoms. The number of methoxy groups -OCH3 is 3. The molecular weight excluding hydrogens is 510 g/mol. The maximum absolute atomic E-state index is 13.6. The van der Waals surface area contributed by atoms with Crippen LogP contribution in [0.25, 0.3) is 11.1 Å². The van der Waals surface area contributed by atoms with Gasteiger partial charge in [0.2, 0.25) is 5.75 Å². The molecule has 0 N–H and O–H groups in total. The first-order valence-electron chi connectivity index (χ1n) is 13.6. The third kappa shape index (κ3) is 4.46. The van der Waals surface area contributed by atoms with Gasteiger partial charge in [0.25, 0.3) is 0 Å². The molecule has 208 valence electrons. The Kier molecular flexibility index (Phi) is 7.11. The monoisotopic (exact) mass is 543 g/mol. The number of ether oxygens (including phenoxy) is 5. The summed E-state index contributed by atoms with van der Waals surface area (Å²) in [6.07, 6.45) is 0.644. The Morgan fingerprint density at radius 2 is 1.38 bits per heavy atom. The molecule has 3 aromatic carbocycles. The number of carbonyl (C=O) groups excluding carboxylic acids is 2. The number of carbonyl (C=O) groups is 2. The molecule has 0 saturated carbocycles. The van der Waals surface area contributed by atoms with E-state index in [1.165, 1.54) is 43.6 Å². The predicted molar refractivity (Wildman–Crippen MR) is 148 cm³/mol. The second-order valence-electron chi connectivity index (χ2n) is 10.5. The molecule has 1 aliphatic carbocycles. The Morgan fingerprint density at radius 3 is 1.90 bits per heavy atom. The molecule has 2 unspecified atom stereocenters. The van der Waals surface area contributed by atoms with E-state index < -0.39 is 0 Å². The molecule has 3 aromatic rings. The average Bonchev–Trinajstić information content (AvgIpc) is 3.31. The zero-order valence-electron chi connectivity index (χ0n) is 22.9. The zero-order chi connectivity index (χ0) is 27.8. The lowest BCUT2D eigenvalue weighted by Crippen LogP contribution is -2.60. The smallest absolute Gasteiger partial charge is 0.410 e. The summed E-state index contributed by atoms with van der Waals surface area (Å²) >= 11 is 0. The zero-order valence-corrected chi connectivity index (χ0v) is 22.9. The summed E-state index contributed by atoms with van der Waals surface area (Å²) in [5, 5.41) is 0. The average molecular weight is 544 g/mol. The highest BCUT2D eigenvalue weighted by Crippen LogP contribution is 2.45. The molecule has 1 amide bonds. The Labute approximate surface area is 233 Å². The molecule has 40 heavy (non-hydrogen) atoms. The Hall–Kier alpha value is -4.04. The summed E-state index contributed by atoms with van der Waals surface area (Å²) in [5.41, 5.74) is 5.23. The highest BCUT2D eigenvalue weighted by Gasteiger charge is 2.45. The molecule has 2 heterocycles. The largest absolute Gasteiger partial charge is 0.493 e. The molecular formula is C32H33NO7. The second-order valence-corrected chi connectivity index (χ2v) is 10.5. The number of benzene rings is 3. The first-order chi connectivity index (χ1) is 19.5. The normalized spacial score (nSPS) is 21.3. The van der Waals surface area contributed by atoms with E-state index in [2.05, 4.69) is 24.3 Å². The first-order valence-corrected chi connectivity index (χ1v) is 13.6. The van der Waals surface area contributed by atoms with Crippen LogP contribution in [0.1, 0.15) is 40.2 Å². The van der Waals surface area contributed by atoms with Crippen molar-refractivity contribution in [3.63, 3.8) is 0 Å². The van der Waals surface area contributed by atoms with Crippen molar-refractivity contribution in [2.75, 3.05) is 41.2 Å². The molecule has 0 aromatic heterocycles. The summed E-state index contributed by atoms with van der Waals surface area (Å²) < 4.78 is 28.1. The van der Waals surface area contributed by atoms with Gasteiger partial charge in [-0.15, -0.1) is 0 Å². The summed E-state index contributed by atoms with van der Waals surface area (Å²) in [7, 11) is 4.59. The van der Waals surface area contributed by atoms with Gasteiger partial charge in [-0.05, 0) is 47.2 Å². The molecule has 2 bridgehead atoms. The number of hydrogen-bond acceptors (Lipinski definition) is 7. The van der Waals surface area contributed by atoms with E-state index in [4.69, 9.17) is 23.7 Å². The molecule has 3 aliphatic rings. The molecule has 2 fully saturated rings. The number of fused-ring (bicyclic) bond motifs is 5. The fourth-order valence-corrected chi connectivity index (χ4v) is 6.55. The fraction of sp³-hybridized carbons (Fsp3) is 0.375. The summed E-state index contributed by atoms with van der Waals surface area (Å²) in [4.78, 5) is 28.9. The van der Waals surface area contributed by atoms with E-state index in [9.17, 15) is 9.59 Å². The molecule has 8 nitrogen and oxygen atoms in total. The maximum Gasteiger partial charge on any atom is 0.410 e. The number of amides is 1. The minimum atomic E-state index is -0.348. The minimum absolute atomic E-state index is 0.00779. The van der Waals surface area contributed by atoms with Crippen LogP contribution in [0.5, 0.6) is 17.2 Å². The highest BCUT2D eigenvalue weighted by atomic mass is 16.6. The van der Waals surface area contributed by atoms with Crippen molar-refractivity contribution in [1.82, 2.24) is 4.90 Å². The van der Waals surface area contributed by atoms with Crippen molar-refractivity contribution in [1.29, 1.82) is 0 Å². The van der Waals surface area contributed by atoms with Crippen LogP contribution in [0.3, 0.4) is 0 Å². The quantitative estimate of drug-likeness (QED) is 0.373. The number of rotatable bonds is 7. The van der Waals surface area contributed by atoms with Crippen LogP contribution in [0, 0.1) is 5.92 Å². The Balaban J connectivity index is 1.17. The van der Waals surface area contributed by atoms with Crippen LogP contribution in [0.15, 0.2) is 60.7 Å². The van der Waals surface area contributed by atoms with Gasteiger partial charge in [0.15, 0.2) is 17.3 Å². The van der Waals surface area contributed by atoms with Gasteiger partial charge in [0, 0.05) is 17.4 Å². The van der Waals surface area contributed by atoms with Crippen molar-refractivity contribution < 1.29 is 33.3 Å². The van der Waals surface area contributed by atoms with Crippen LogP contribution in [0.2, 0.25) is 0 Å². The maximum atomic E-state index is 13.6. The van der Waals surface area contributed by atoms with Crippen molar-refractivity contribution in [3.05, 3.63) is 77.4 Å². The lowest BCUT2D eigenvalue weighted by Gasteiger charge is -2.47. The van der Waals surface area contributed by atoms with Crippen molar-refractivity contribution in [2.24, 2.45) is 5.92 Å². The number of morpholine rings is 1. The van der Waals surface area contributed by atoms with Gasteiger partial charge in [-0.3, -0.25) is 9.69 Å². The molecule has 6 rings (SSSR count). The SMILES string of the molecule is COc1cc(C(=O)C2CC3COCC(C2)N3C(=O)OCC2c3ccccc3-c3ccccc32)cc(OC)c1OC. The van der Waals surface area contributed by atoms with Gasteiger partial charge in [0.1, 0.15) is 6.61 Å². The second kappa shape index (κ2) is 10.8. The van der Waals surface area contributed by atoms with E-state index in [0.717, 1.165) is 0 Å². The highest BCUT2D eigenvalue weighted by molar-refractivity contribution is 5.99. The summed E-state index contributed by atoms with van der Waals surface area (Å²) in [6, 6.07) is 19.5.